The molecule has 0 saturated heterocycles. The molecule has 182 valence electrons. The summed E-state index contributed by atoms with van der Waals surface area (Å²) in [5.74, 6) is -1.42. The Morgan fingerprint density at radius 3 is 2.59 bits per heavy atom. The van der Waals surface area contributed by atoms with Crippen molar-refractivity contribution in [3.63, 3.8) is 0 Å². The molecule has 1 fully saturated rings. The van der Waals surface area contributed by atoms with E-state index in [9.17, 15) is 22.4 Å². The molecule has 3 aromatic rings. The first-order chi connectivity index (χ1) is 15.9. The van der Waals surface area contributed by atoms with E-state index in [-0.39, 0.29) is 18.3 Å². The quantitative estimate of drug-likeness (QED) is 0.432. The van der Waals surface area contributed by atoms with Gasteiger partial charge in [-0.15, -0.1) is 0 Å². The molecule has 2 aromatic heterocycles. The van der Waals surface area contributed by atoms with E-state index < -0.39 is 35.4 Å². The van der Waals surface area contributed by atoms with Crippen LogP contribution in [0.15, 0.2) is 48.9 Å². The zero-order chi connectivity index (χ0) is 24.7. The average Bonchev–Trinajstić information content (AvgIpc) is 3.17. The zero-order valence-electron chi connectivity index (χ0n) is 19.0. The van der Waals surface area contributed by atoms with Gasteiger partial charge in [-0.05, 0) is 45.0 Å². The Bertz CT molecular complexity index is 1180. The van der Waals surface area contributed by atoms with Crippen molar-refractivity contribution in [2.24, 2.45) is 0 Å². The Morgan fingerprint density at radius 2 is 1.91 bits per heavy atom. The summed E-state index contributed by atoms with van der Waals surface area (Å²) in [6.45, 7) is 5.58. The third kappa shape index (κ3) is 5.26. The van der Waals surface area contributed by atoms with Crippen LogP contribution in [0.3, 0.4) is 0 Å². The van der Waals surface area contributed by atoms with Gasteiger partial charge in [0.2, 0.25) is 0 Å². The van der Waals surface area contributed by atoms with Crippen LogP contribution >= 0.6 is 0 Å². The van der Waals surface area contributed by atoms with Crippen LogP contribution in [0.4, 0.5) is 22.4 Å². The number of halogens is 4. The lowest BCUT2D eigenvalue weighted by atomic mass is 9.87. The van der Waals surface area contributed by atoms with Gasteiger partial charge in [0.05, 0.1) is 12.1 Å². The number of nitrogens with zero attached hydrogens (tertiary/aromatic N) is 3. The van der Waals surface area contributed by atoms with Gasteiger partial charge in [-0.2, -0.15) is 13.2 Å². The molecule has 1 aliphatic rings. The molecule has 0 N–H and O–H groups in total. The van der Waals surface area contributed by atoms with Gasteiger partial charge in [-0.3, -0.25) is 0 Å². The molecule has 1 aromatic carbocycles. The summed E-state index contributed by atoms with van der Waals surface area (Å²) in [6, 6.07) is 6.07. The van der Waals surface area contributed by atoms with E-state index in [0.29, 0.717) is 24.6 Å². The number of amides is 1. The highest BCUT2D eigenvalue weighted by atomic mass is 19.4. The predicted octanol–water partition coefficient (Wildman–Crippen LogP) is 5.84. The van der Waals surface area contributed by atoms with Crippen molar-refractivity contribution in [1.29, 1.82) is 0 Å². The van der Waals surface area contributed by atoms with Gasteiger partial charge in [0.1, 0.15) is 28.9 Å². The zero-order valence-corrected chi connectivity index (χ0v) is 19.0. The smallest absolute Gasteiger partial charge is 0.419 e. The number of alkyl halides is 3. The number of pyridine rings is 1. The predicted molar refractivity (Wildman–Crippen MR) is 116 cm³/mol. The van der Waals surface area contributed by atoms with Gasteiger partial charge >= 0.3 is 12.3 Å². The molecular weight excluding hydrogens is 454 g/mol. The highest BCUT2D eigenvalue weighted by Crippen LogP contribution is 2.36. The van der Waals surface area contributed by atoms with Gasteiger partial charge in [0.25, 0.3) is 0 Å². The fourth-order valence-electron chi connectivity index (χ4n) is 3.85. The lowest BCUT2D eigenvalue weighted by molar-refractivity contribution is -0.140. The molecule has 1 saturated carbocycles. The topological polar surface area (TPSA) is 56.1 Å². The van der Waals surface area contributed by atoms with Crippen LogP contribution < -0.4 is 4.74 Å². The molecule has 0 bridgehead atoms. The second-order valence-electron chi connectivity index (χ2n) is 9.30. The summed E-state index contributed by atoms with van der Waals surface area (Å²) in [6.07, 6.45) is 0.408. The molecule has 0 aliphatic heterocycles. The van der Waals surface area contributed by atoms with E-state index in [2.05, 4.69) is 4.98 Å². The largest absolute Gasteiger partial charge is 0.490 e. The Morgan fingerprint density at radius 1 is 1.18 bits per heavy atom. The van der Waals surface area contributed by atoms with Crippen molar-refractivity contribution in [1.82, 2.24) is 14.3 Å². The Hall–Kier alpha value is -3.30. The number of aromatic nitrogens is 2. The first kappa shape index (κ1) is 23.8. The summed E-state index contributed by atoms with van der Waals surface area (Å²) < 4.78 is 65.6. The molecule has 4 rings (SSSR count). The lowest BCUT2D eigenvalue weighted by Gasteiger charge is -2.42. The number of rotatable bonds is 5. The summed E-state index contributed by atoms with van der Waals surface area (Å²) >= 11 is 0. The Kier molecular flexibility index (Phi) is 6.18. The molecule has 34 heavy (non-hydrogen) atoms. The van der Waals surface area contributed by atoms with Crippen LogP contribution in [0.1, 0.15) is 44.7 Å². The van der Waals surface area contributed by atoms with Gasteiger partial charge in [0.15, 0.2) is 0 Å². The average molecular weight is 479 g/mol. The molecule has 6 nitrogen and oxygen atoms in total. The molecular formula is C24H25F4N3O3. The van der Waals surface area contributed by atoms with E-state index >= 15 is 0 Å². The van der Waals surface area contributed by atoms with E-state index in [1.807, 2.05) is 28.9 Å². The first-order valence-corrected chi connectivity index (χ1v) is 10.8. The molecule has 10 heteroatoms. The number of hydrogen-bond donors (Lipinski definition) is 0. The number of fused-ring (bicyclic) bond motifs is 1. The lowest BCUT2D eigenvalue weighted by Crippen LogP contribution is -2.52. The van der Waals surface area contributed by atoms with Crippen molar-refractivity contribution in [3.05, 3.63) is 65.9 Å². The highest BCUT2D eigenvalue weighted by molar-refractivity contribution is 5.69. The second-order valence-corrected chi connectivity index (χ2v) is 9.30. The minimum atomic E-state index is -4.81. The van der Waals surface area contributed by atoms with Crippen molar-refractivity contribution in [3.8, 4) is 5.75 Å². The third-order valence-corrected chi connectivity index (χ3v) is 5.53. The summed E-state index contributed by atoms with van der Waals surface area (Å²) in [5.41, 5.74) is -0.523. The normalized spacial score (nSPS) is 18.4. The van der Waals surface area contributed by atoms with E-state index in [4.69, 9.17) is 9.47 Å². The number of carbonyl (C=O) groups is 1. The molecule has 0 radical (unpaired) electrons. The second kappa shape index (κ2) is 8.81. The standard InChI is InChI=1S/C24H25F4N3O3/c1-23(2,3)34-22(32)31(14-15-5-4-9-30-10-8-29-21(15)30)16-11-18(12-16)33-17-6-7-20(25)19(13-17)24(26,27)28/h4-10,13,16,18H,11-12,14H2,1-3H3. The van der Waals surface area contributed by atoms with Crippen LogP contribution in [0.5, 0.6) is 5.75 Å². The fraction of sp³-hybridized carbons (Fsp3) is 0.417. The third-order valence-electron chi connectivity index (χ3n) is 5.53. The van der Waals surface area contributed by atoms with E-state index in [1.165, 1.54) is 6.07 Å². The van der Waals surface area contributed by atoms with Crippen molar-refractivity contribution in [2.45, 2.75) is 64.1 Å². The number of carbonyl (C=O) groups excluding carboxylic acids is 1. The van der Waals surface area contributed by atoms with Crippen LogP contribution in [0.25, 0.3) is 5.65 Å². The van der Waals surface area contributed by atoms with Crippen LogP contribution in [-0.4, -0.2) is 38.1 Å². The van der Waals surface area contributed by atoms with Gasteiger partial charge in [-0.1, -0.05) is 6.07 Å². The Balaban J connectivity index is 1.48. The van der Waals surface area contributed by atoms with Crippen molar-refractivity contribution >= 4 is 11.7 Å². The molecule has 1 amide bonds. The summed E-state index contributed by atoms with van der Waals surface area (Å²) in [7, 11) is 0. The van der Waals surface area contributed by atoms with Gasteiger partial charge in [0, 0.05) is 43.0 Å². The maximum Gasteiger partial charge on any atom is 0.419 e. The molecule has 0 atom stereocenters. The first-order valence-electron chi connectivity index (χ1n) is 10.8. The van der Waals surface area contributed by atoms with E-state index in [1.54, 1.807) is 31.9 Å². The molecule has 1 aliphatic carbocycles. The monoisotopic (exact) mass is 479 g/mol. The number of ether oxygens (including phenoxy) is 2. The van der Waals surface area contributed by atoms with Crippen molar-refractivity contribution < 1.29 is 31.8 Å². The van der Waals surface area contributed by atoms with Gasteiger partial charge in [-0.25, -0.2) is 14.2 Å². The SMILES string of the molecule is CC(C)(C)OC(=O)N(Cc1cccn2ccnc12)C1CC(Oc2ccc(F)c(C(F)(F)F)c2)C1. The highest BCUT2D eigenvalue weighted by Gasteiger charge is 2.40. The molecule has 0 unspecified atom stereocenters. The van der Waals surface area contributed by atoms with Gasteiger partial charge < -0.3 is 18.8 Å². The maximum absolute atomic E-state index is 13.5. The van der Waals surface area contributed by atoms with E-state index in [0.717, 1.165) is 11.6 Å². The summed E-state index contributed by atoms with van der Waals surface area (Å²) in [4.78, 5) is 18.9. The number of imidazole rings is 1. The number of benzene rings is 1. The van der Waals surface area contributed by atoms with Crippen LogP contribution in [0, 0.1) is 5.82 Å². The van der Waals surface area contributed by atoms with Crippen molar-refractivity contribution in [2.75, 3.05) is 0 Å². The fourth-order valence-corrected chi connectivity index (χ4v) is 3.85. The minimum Gasteiger partial charge on any atom is -0.490 e. The summed E-state index contributed by atoms with van der Waals surface area (Å²) in [5, 5.41) is 0. The van der Waals surface area contributed by atoms with Crippen LogP contribution in [-0.2, 0) is 17.5 Å². The molecule has 0 spiro atoms. The number of hydrogen-bond acceptors (Lipinski definition) is 4. The maximum atomic E-state index is 13.5. The van der Waals surface area contributed by atoms with Crippen LogP contribution in [0.2, 0.25) is 0 Å². The molecule has 2 heterocycles. The Labute approximate surface area is 194 Å². The minimum absolute atomic E-state index is 0.0665.